The highest BCUT2D eigenvalue weighted by Gasteiger charge is 2.26. The lowest BCUT2D eigenvalue weighted by Gasteiger charge is -2.12. The van der Waals surface area contributed by atoms with Crippen LogP contribution in [0.15, 0.2) is 42.0 Å². The van der Waals surface area contributed by atoms with E-state index in [-0.39, 0.29) is 5.57 Å². The van der Waals surface area contributed by atoms with Crippen LogP contribution in [0.5, 0.6) is 5.75 Å². The van der Waals surface area contributed by atoms with Crippen molar-refractivity contribution in [2.75, 3.05) is 6.61 Å². The molecule has 6 heteroatoms. The number of hydrogen-bond donors (Lipinski definition) is 2. The van der Waals surface area contributed by atoms with Crippen LogP contribution in [0.25, 0.3) is 6.08 Å². The maximum Gasteiger partial charge on any atom is 0.328 e. The van der Waals surface area contributed by atoms with Gasteiger partial charge < -0.3 is 4.74 Å². The summed E-state index contributed by atoms with van der Waals surface area (Å²) >= 11 is 0. The Kier molecular flexibility index (Phi) is 5.08. The highest BCUT2D eigenvalue weighted by Crippen LogP contribution is 2.13. The lowest BCUT2D eigenvalue weighted by molar-refractivity contribution is -0.124. The largest absolute Gasteiger partial charge is 0.494 e. The smallest absolute Gasteiger partial charge is 0.328 e. The van der Waals surface area contributed by atoms with E-state index in [1.54, 1.807) is 12.2 Å². The van der Waals surface area contributed by atoms with E-state index in [0.717, 1.165) is 17.7 Å². The van der Waals surface area contributed by atoms with Crippen molar-refractivity contribution in [1.82, 2.24) is 10.6 Å². The summed E-state index contributed by atoms with van der Waals surface area (Å²) in [5.41, 5.74) is 0.784. The Morgan fingerprint density at radius 1 is 1.05 bits per heavy atom. The minimum atomic E-state index is -0.807. The zero-order chi connectivity index (χ0) is 15.9. The second-order valence-electron chi connectivity index (χ2n) is 4.59. The molecule has 0 unspecified atom stereocenters. The lowest BCUT2D eigenvalue weighted by Crippen LogP contribution is -2.51. The van der Waals surface area contributed by atoms with E-state index < -0.39 is 17.8 Å². The van der Waals surface area contributed by atoms with Crippen molar-refractivity contribution in [1.29, 1.82) is 0 Å². The fourth-order valence-electron chi connectivity index (χ4n) is 1.78. The molecule has 1 aliphatic heterocycles. The number of urea groups is 1. The van der Waals surface area contributed by atoms with E-state index in [1.165, 1.54) is 6.08 Å². The Balaban J connectivity index is 2.02. The summed E-state index contributed by atoms with van der Waals surface area (Å²) in [4.78, 5) is 33.9. The first-order chi connectivity index (χ1) is 10.6. The summed E-state index contributed by atoms with van der Waals surface area (Å²) < 4.78 is 5.47. The summed E-state index contributed by atoms with van der Waals surface area (Å²) in [6.07, 6.45) is 5.63. The van der Waals surface area contributed by atoms with E-state index in [0.29, 0.717) is 6.61 Å². The molecular weight excluding hydrogens is 284 g/mol. The molecule has 0 radical (unpaired) electrons. The highest BCUT2D eigenvalue weighted by atomic mass is 16.5. The van der Waals surface area contributed by atoms with Gasteiger partial charge in [0.25, 0.3) is 11.8 Å². The molecule has 1 aromatic carbocycles. The molecule has 114 valence electrons. The molecule has 0 atom stereocenters. The Hall–Kier alpha value is -2.89. The van der Waals surface area contributed by atoms with Gasteiger partial charge in [0.05, 0.1) is 6.61 Å². The molecule has 0 spiro atoms. The minimum absolute atomic E-state index is 0.112. The third kappa shape index (κ3) is 4.05. The molecule has 0 aromatic heterocycles. The summed E-state index contributed by atoms with van der Waals surface area (Å²) in [5, 5.41) is 4.01. The van der Waals surface area contributed by atoms with Gasteiger partial charge in [0.1, 0.15) is 11.3 Å². The van der Waals surface area contributed by atoms with Crippen molar-refractivity contribution in [3.63, 3.8) is 0 Å². The zero-order valence-electron chi connectivity index (χ0n) is 12.1. The third-order valence-electron chi connectivity index (χ3n) is 2.85. The van der Waals surface area contributed by atoms with E-state index in [4.69, 9.17) is 4.74 Å². The maximum absolute atomic E-state index is 11.5. The number of rotatable bonds is 5. The van der Waals surface area contributed by atoms with Gasteiger partial charge in [0.2, 0.25) is 0 Å². The molecule has 2 N–H and O–H groups in total. The van der Waals surface area contributed by atoms with Gasteiger partial charge in [-0.2, -0.15) is 0 Å². The molecule has 1 heterocycles. The molecule has 0 saturated carbocycles. The van der Waals surface area contributed by atoms with Crippen LogP contribution in [-0.2, 0) is 9.59 Å². The lowest BCUT2D eigenvalue weighted by atomic mass is 10.1. The summed E-state index contributed by atoms with van der Waals surface area (Å²) in [6.45, 7) is 2.71. The molecular formula is C16H16N2O4. The first-order valence-electron chi connectivity index (χ1n) is 6.88. The van der Waals surface area contributed by atoms with Crippen molar-refractivity contribution < 1.29 is 19.1 Å². The van der Waals surface area contributed by atoms with Crippen LogP contribution >= 0.6 is 0 Å². The van der Waals surface area contributed by atoms with Crippen LogP contribution in [0.3, 0.4) is 0 Å². The first kappa shape index (κ1) is 15.5. The Morgan fingerprint density at radius 2 is 1.68 bits per heavy atom. The van der Waals surface area contributed by atoms with Gasteiger partial charge in [-0.05, 0) is 30.2 Å². The SMILES string of the molecule is CCCOc1ccc(/C=C/C=C2C(=O)NC(=O)NC2=O)cc1. The van der Waals surface area contributed by atoms with E-state index in [2.05, 4.69) is 0 Å². The molecule has 0 aliphatic carbocycles. The first-order valence-corrected chi connectivity index (χ1v) is 6.88. The van der Waals surface area contributed by atoms with Crippen LogP contribution in [-0.4, -0.2) is 24.5 Å². The fraction of sp³-hybridized carbons (Fsp3) is 0.188. The van der Waals surface area contributed by atoms with Gasteiger partial charge in [-0.15, -0.1) is 0 Å². The van der Waals surface area contributed by atoms with Crippen molar-refractivity contribution in [2.24, 2.45) is 0 Å². The van der Waals surface area contributed by atoms with Crippen LogP contribution in [0.1, 0.15) is 18.9 Å². The molecule has 2 rings (SSSR count). The van der Waals surface area contributed by atoms with E-state index >= 15 is 0 Å². The molecule has 0 bridgehead atoms. The number of imide groups is 2. The van der Waals surface area contributed by atoms with Crippen LogP contribution in [0.4, 0.5) is 4.79 Å². The molecule has 22 heavy (non-hydrogen) atoms. The number of carbonyl (C=O) groups is 3. The summed E-state index contributed by atoms with van der Waals surface area (Å²) in [5.74, 6) is -0.620. The number of benzene rings is 1. The van der Waals surface area contributed by atoms with Gasteiger partial charge in [-0.25, -0.2) is 4.79 Å². The number of amides is 4. The number of allylic oxidation sites excluding steroid dienone is 2. The number of hydrogen-bond acceptors (Lipinski definition) is 4. The molecule has 1 aliphatic rings. The second kappa shape index (κ2) is 7.21. The van der Waals surface area contributed by atoms with Crippen molar-refractivity contribution in [3.05, 3.63) is 47.6 Å². The molecule has 1 aromatic rings. The molecule has 1 saturated heterocycles. The Morgan fingerprint density at radius 3 is 2.27 bits per heavy atom. The number of nitrogens with one attached hydrogen (secondary N) is 2. The Bertz CT molecular complexity index is 623. The topological polar surface area (TPSA) is 84.5 Å². The van der Waals surface area contributed by atoms with E-state index in [1.807, 2.05) is 41.8 Å². The average molecular weight is 300 g/mol. The van der Waals surface area contributed by atoms with Crippen molar-refractivity contribution in [2.45, 2.75) is 13.3 Å². The molecule has 1 fully saturated rings. The van der Waals surface area contributed by atoms with E-state index in [9.17, 15) is 14.4 Å². The minimum Gasteiger partial charge on any atom is -0.494 e. The molecule has 6 nitrogen and oxygen atoms in total. The number of carbonyl (C=O) groups excluding carboxylic acids is 3. The van der Waals surface area contributed by atoms with Gasteiger partial charge >= 0.3 is 6.03 Å². The quantitative estimate of drug-likeness (QED) is 0.641. The maximum atomic E-state index is 11.5. The van der Waals surface area contributed by atoms with Crippen LogP contribution in [0, 0.1) is 0 Å². The van der Waals surface area contributed by atoms with Crippen molar-refractivity contribution in [3.8, 4) is 5.75 Å². The monoisotopic (exact) mass is 300 g/mol. The second-order valence-corrected chi connectivity index (χ2v) is 4.59. The molecule has 4 amide bonds. The van der Waals surface area contributed by atoms with Gasteiger partial charge in [-0.3, -0.25) is 20.2 Å². The fourth-order valence-corrected chi connectivity index (χ4v) is 1.78. The average Bonchev–Trinajstić information content (AvgIpc) is 2.49. The third-order valence-corrected chi connectivity index (χ3v) is 2.85. The standard InChI is InChI=1S/C16H16N2O4/c1-2-10-22-12-8-6-11(7-9-12)4-3-5-13-14(19)17-16(21)18-15(13)20/h3-9H,2,10H2,1H3,(H2,17,18,19,20,21)/b4-3+. The predicted octanol–water partition coefficient (Wildman–Crippen LogP) is 1.78. The van der Waals surface area contributed by atoms with Crippen molar-refractivity contribution >= 4 is 23.9 Å². The van der Waals surface area contributed by atoms with Gasteiger partial charge in [0, 0.05) is 0 Å². The highest BCUT2D eigenvalue weighted by molar-refractivity contribution is 6.29. The zero-order valence-corrected chi connectivity index (χ0v) is 12.1. The van der Waals surface area contributed by atoms with Gasteiger partial charge in [0.15, 0.2) is 0 Å². The van der Waals surface area contributed by atoms with Crippen LogP contribution < -0.4 is 15.4 Å². The summed E-state index contributed by atoms with van der Waals surface area (Å²) in [7, 11) is 0. The Labute approximate surface area is 127 Å². The predicted molar refractivity (Wildman–Crippen MR) is 81.0 cm³/mol. The van der Waals surface area contributed by atoms with Gasteiger partial charge in [-0.1, -0.05) is 31.2 Å². The normalized spacial score (nSPS) is 14.8. The summed E-state index contributed by atoms with van der Waals surface area (Å²) in [6, 6.07) is 6.62. The van der Waals surface area contributed by atoms with Crippen LogP contribution in [0.2, 0.25) is 0 Å². The number of ether oxygens (including phenoxy) is 1. The number of barbiturate groups is 1.